The second kappa shape index (κ2) is 6.95. The summed E-state index contributed by atoms with van der Waals surface area (Å²) in [7, 11) is 0. The van der Waals surface area contributed by atoms with Crippen molar-refractivity contribution in [2.24, 2.45) is 0 Å². The number of aryl methyl sites for hydroxylation is 1. The Morgan fingerprint density at radius 2 is 1.95 bits per heavy atom. The molecule has 1 heterocycles. The standard InChI is InChI=1S/C15H13N3O4/c1-10-13(6-7-21-10)15(20)18-17-14(19)9-22-12-4-2-11(8-16)3-5-12/h2-7H,9H2,1H3,(H,17,19)(H,18,20). The zero-order valence-corrected chi connectivity index (χ0v) is 11.8. The molecular weight excluding hydrogens is 286 g/mol. The molecule has 2 aromatic rings. The van der Waals surface area contributed by atoms with Gasteiger partial charge in [-0.25, -0.2) is 0 Å². The van der Waals surface area contributed by atoms with Crippen LogP contribution in [0.1, 0.15) is 21.7 Å². The van der Waals surface area contributed by atoms with Gasteiger partial charge in [0.1, 0.15) is 11.5 Å². The van der Waals surface area contributed by atoms with Crippen molar-refractivity contribution in [1.29, 1.82) is 5.26 Å². The third-order valence-electron chi connectivity index (χ3n) is 2.77. The van der Waals surface area contributed by atoms with Crippen LogP contribution >= 0.6 is 0 Å². The summed E-state index contributed by atoms with van der Waals surface area (Å²) in [6.07, 6.45) is 1.39. The molecule has 0 radical (unpaired) electrons. The average molecular weight is 299 g/mol. The molecule has 2 N–H and O–H groups in total. The molecule has 0 unspecified atom stereocenters. The van der Waals surface area contributed by atoms with Crippen LogP contribution < -0.4 is 15.6 Å². The second-order valence-corrected chi connectivity index (χ2v) is 4.32. The van der Waals surface area contributed by atoms with Gasteiger partial charge in [-0.15, -0.1) is 0 Å². The first-order chi connectivity index (χ1) is 10.6. The Bertz CT molecular complexity index is 713. The lowest BCUT2D eigenvalue weighted by Crippen LogP contribution is -2.43. The summed E-state index contributed by atoms with van der Waals surface area (Å²) >= 11 is 0. The van der Waals surface area contributed by atoms with Gasteiger partial charge in [0.05, 0.1) is 23.5 Å². The molecule has 1 aromatic heterocycles. The summed E-state index contributed by atoms with van der Waals surface area (Å²) in [6, 6.07) is 9.81. The molecule has 0 saturated heterocycles. The first-order valence-corrected chi connectivity index (χ1v) is 6.36. The van der Waals surface area contributed by atoms with Gasteiger partial charge in [0.15, 0.2) is 6.61 Å². The number of rotatable bonds is 4. The van der Waals surface area contributed by atoms with E-state index in [1.807, 2.05) is 6.07 Å². The van der Waals surface area contributed by atoms with Gasteiger partial charge < -0.3 is 9.15 Å². The second-order valence-electron chi connectivity index (χ2n) is 4.32. The molecule has 112 valence electrons. The summed E-state index contributed by atoms with van der Waals surface area (Å²) in [4.78, 5) is 23.3. The third-order valence-corrected chi connectivity index (χ3v) is 2.77. The highest BCUT2D eigenvalue weighted by Gasteiger charge is 2.12. The van der Waals surface area contributed by atoms with Crippen molar-refractivity contribution in [2.75, 3.05) is 6.61 Å². The Morgan fingerprint density at radius 1 is 1.23 bits per heavy atom. The van der Waals surface area contributed by atoms with E-state index in [4.69, 9.17) is 14.4 Å². The largest absolute Gasteiger partial charge is 0.484 e. The quantitative estimate of drug-likeness (QED) is 0.828. The van der Waals surface area contributed by atoms with E-state index in [0.717, 1.165) is 0 Å². The fourth-order valence-electron chi connectivity index (χ4n) is 1.62. The van der Waals surface area contributed by atoms with Gasteiger partial charge in [0.25, 0.3) is 11.8 Å². The number of hydrogen-bond donors (Lipinski definition) is 2. The minimum Gasteiger partial charge on any atom is -0.484 e. The monoisotopic (exact) mass is 299 g/mol. The minimum absolute atomic E-state index is 0.267. The summed E-state index contributed by atoms with van der Waals surface area (Å²) in [5.74, 6) is -0.0800. The molecule has 7 heteroatoms. The van der Waals surface area contributed by atoms with Crippen molar-refractivity contribution in [2.45, 2.75) is 6.92 Å². The van der Waals surface area contributed by atoms with Crippen LogP contribution in [0.2, 0.25) is 0 Å². The van der Waals surface area contributed by atoms with Crippen LogP contribution in [0.15, 0.2) is 41.0 Å². The first-order valence-electron chi connectivity index (χ1n) is 6.36. The molecule has 0 aliphatic heterocycles. The lowest BCUT2D eigenvalue weighted by molar-refractivity contribution is -0.123. The topological polar surface area (TPSA) is 104 Å². The maximum Gasteiger partial charge on any atom is 0.276 e. The predicted molar refractivity (Wildman–Crippen MR) is 75.7 cm³/mol. The lowest BCUT2D eigenvalue weighted by Gasteiger charge is -2.08. The number of benzene rings is 1. The number of furan rings is 1. The molecule has 0 spiro atoms. The van der Waals surface area contributed by atoms with Crippen molar-refractivity contribution in [3.8, 4) is 11.8 Å². The highest BCUT2D eigenvalue weighted by atomic mass is 16.5. The van der Waals surface area contributed by atoms with Gasteiger partial charge in [-0.05, 0) is 37.3 Å². The van der Waals surface area contributed by atoms with Gasteiger partial charge in [-0.3, -0.25) is 20.4 Å². The van der Waals surface area contributed by atoms with Crippen molar-refractivity contribution in [1.82, 2.24) is 10.9 Å². The van der Waals surface area contributed by atoms with Crippen LogP contribution in [0.3, 0.4) is 0 Å². The van der Waals surface area contributed by atoms with Crippen LogP contribution in [0, 0.1) is 18.3 Å². The molecule has 2 amide bonds. The number of hydrazine groups is 1. The third kappa shape index (κ3) is 3.86. The number of nitrogens with one attached hydrogen (secondary N) is 2. The number of ether oxygens (including phenoxy) is 1. The normalized spacial score (nSPS) is 9.64. The molecule has 2 rings (SSSR count). The van der Waals surface area contributed by atoms with Crippen LogP contribution in [0.4, 0.5) is 0 Å². The lowest BCUT2D eigenvalue weighted by atomic mass is 10.2. The SMILES string of the molecule is Cc1occc1C(=O)NNC(=O)COc1ccc(C#N)cc1. The molecule has 0 aliphatic rings. The van der Waals surface area contributed by atoms with Gasteiger partial charge in [0, 0.05) is 0 Å². The zero-order chi connectivity index (χ0) is 15.9. The molecule has 7 nitrogen and oxygen atoms in total. The molecule has 0 aliphatic carbocycles. The first kappa shape index (κ1) is 15.1. The molecule has 0 atom stereocenters. The van der Waals surface area contributed by atoms with Gasteiger partial charge in [-0.2, -0.15) is 5.26 Å². The maximum absolute atomic E-state index is 11.7. The maximum atomic E-state index is 11.7. The summed E-state index contributed by atoms with van der Waals surface area (Å²) < 4.78 is 10.2. The van der Waals surface area contributed by atoms with E-state index >= 15 is 0 Å². The number of amides is 2. The van der Waals surface area contributed by atoms with Crippen LogP contribution in [0.25, 0.3) is 0 Å². The zero-order valence-electron chi connectivity index (χ0n) is 11.8. The molecule has 0 saturated carbocycles. The number of carbonyl (C=O) groups is 2. The Hall–Kier alpha value is -3.27. The van der Waals surface area contributed by atoms with Crippen molar-refractivity contribution in [3.05, 3.63) is 53.5 Å². The molecule has 22 heavy (non-hydrogen) atoms. The summed E-state index contributed by atoms with van der Waals surface area (Å²) in [5, 5.41) is 8.66. The molecule has 0 bridgehead atoms. The van der Waals surface area contributed by atoms with Crippen LogP contribution in [-0.4, -0.2) is 18.4 Å². The smallest absolute Gasteiger partial charge is 0.276 e. The Kier molecular flexibility index (Phi) is 4.78. The van der Waals surface area contributed by atoms with Crippen LogP contribution in [0.5, 0.6) is 5.75 Å². The Labute approximate surface area is 126 Å². The number of nitriles is 1. The predicted octanol–water partition coefficient (Wildman–Crippen LogP) is 1.30. The van der Waals surface area contributed by atoms with Gasteiger partial charge in [-0.1, -0.05) is 0 Å². The van der Waals surface area contributed by atoms with E-state index < -0.39 is 11.8 Å². The fraction of sp³-hybridized carbons (Fsp3) is 0.133. The number of carbonyl (C=O) groups excluding carboxylic acids is 2. The van der Waals surface area contributed by atoms with Gasteiger partial charge in [0.2, 0.25) is 0 Å². The number of nitrogens with zero attached hydrogens (tertiary/aromatic N) is 1. The van der Waals surface area contributed by atoms with E-state index in [1.54, 1.807) is 31.2 Å². The Balaban J connectivity index is 1.77. The molecule has 0 fully saturated rings. The van der Waals surface area contributed by atoms with E-state index in [1.165, 1.54) is 12.3 Å². The van der Waals surface area contributed by atoms with E-state index in [9.17, 15) is 9.59 Å². The highest BCUT2D eigenvalue weighted by molar-refractivity contribution is 5.96. The molecular formula is C15H13N3O4. The van der Waals surface area contributed by atoms with E-state index in [2.05, 4.69) is 10.9 Å². The van der Waals surface area contributed by atoms with Gasteiger partial charge >= 0.3 is 0 Å². The fourth-order valence-corrected chi connectivity index (χ4v) is 1.62. The van der Waals surface area contributed by atoms with E-state index in [0.29, 0.717) is 22.6 Å². The van der Waals surface area contributed by atoms with Crippen LogP contribution in [-0.2, 0) is 4.79 Å². The van der Waals surface area contributed by atoms with Crippen molar-refractivity contribution >= 4 is 11.8 Å². The highest BCUT2D eigenvalue weighted by Crippen LogP contribution is 2.11. The van der Waals surface area contributed by atoms with Crippen molar-refractivity contribution < 1.29 is 18.7 Å². The van der Waals surface area contributed by atoms with Crippen molar-refractivity contribution in [3.63, 3.8) is 0 Å². The molecule has 1 aromatic carbocycles. The average Bonchev–Trinajstić information content (AvgIpc) is 2.97. The minimum atomic E-state index is -0.515. The number of hydrogen-bond acceptors (Lipinski definition) is 5. The Morgan fingerprint density at radius 3 is 2.55 bits per heavy atom. The van der Waals surface area contributed by atoms with E-state index in [-0.39, 0.29) is 6.61 Å². The summed E-state index contributed by atoms with van der Waals surface area (Å²) in [5.41, 5.74) is 5.33. The summed E-state index contributed by atoms with van der Waals surface area (Å²) in [6.45, 7) is 1.38.